The van der Waals surface area contributed by atoms with Crippen LogP contribution in [-0.4, -0.2) is 29.0 Å². The van der Waals surface area contributed by atoms with Crippen molar-refractivity contribution in [1.29, 1.82) is 0 Å². The minimum atomic E-state index is -1.07. The van der Waals surface area contributed by atoms with Crippen LogP contribution in [0.1, 0.15) is 43.1 Å². The Hall–Kier alpha value is -3.31. The molecular formula is C23H23FN4O2S. The molecule has 3 rings (SSSR count). The molecule has 0 spiro atoms. The molecule has 1 N–H and O–H groups in total. The maximum absolute atomic E-state index is 14.8. The number of carbonyl (C=O) groups is 2. The molecule has 0 unspecified atom stereocenters. The molecule has 2 amide bonds. The number of nitrogens with one attached hydrogen (secondary N) is 1. The molecule has 0 radical (unpaired) electrons. The minimum absolute atomic E-state index is 0.0614. The maximum atomic E-state index is 14.8. The van der Waals surface area contributed by atoms with Gasteiger partial charge in [-0.15, -0.1) is 0 Å². The number of nitrogens with zero attached hydrogens (tertiary/aromatic N) is 3. The van der Waals surface area contributed by atoms with Crippen LogP contribution in [0.2, 0.25) is 0 Å². The SMILES string of the molecule is [C-]#[N+]c1ccc(N2C(=O)C(C)(C)N(c3ccc(C(=O)NCCC)c(F)c3)C2=S)cc1C. The molecule has 0 aromatic heterocycles. The first-order valence-corrected chi connectivity index (χ1v) is 10.3. The molecule has 0 bridgehead atoms. The third-order valence-electron chi connectivity index (χ3n) is 5.22. The van der Waals surface area contributed by atoms with Crippen molar-refractivity contribution in [3.8, 4) is 0 Å². The Kier molecular flexibility index (Phi) is 6.09. The molecule has 0 saturated carbocycles. The number of carbonyl (C=O) groups excluding carboxylic acids is 2. The van der Waals surface area contributed by atoms with E-state index in [1.807, 2.05) is 6.92 Å². The Balaban J connectivity index is 1.99. The lowest BCUT2D eigenvalue weighted by atomic mass is 10.0. The van der Waals surface area contributed by atoms with Gasteiger partial charge >= 0.3 is 0 Å². The van der Waals surface area contributed by atoms with Gasteiger partial charge in [-0.25, -0.2) is 9.24 Å². The highest BCUT2D eigenvalue weighted by molar-refractivity contribution is 7.81. The highest BCUT2D eigenvalue weighted by Crippen LogP contribution is 2.38. The van der Waals surface area contributed by atoms with Crippen LogP contribution < -0.4 is 15.1 Å². The van der Waals surface area contributed by atoms with E-state index in [9.17, 15) is 14.0 Å². The van der Waals surface area contributed by atoms with Crippen LogP contribution in [0, 0.1) is 19.3 Å². The van der Waals surface area contributed by atoms with E-state index < -0.39 is 17.3 Å². The van der Waals surface area contributed by atoms with Crippen molar-refractivity contribution in [1.82, 2.24) is 5.32 Å². The van der Waals surface area contributed by atoms with Gasteiger partial charge in [0.25, 0.3) is 11.8 Å². The van der Waals surface area contributed by atoms with E-state index in [-0.39, 0.29) is 16.6 Å². The lowest BCUT2D eigenvalue weighted by Gasteiger charge is -2.29. The van der Waals surface area contributed by atoms with Crippen molar-refractivity contribution >= 4 is 46.2 Å². The van der Waals surface area contributed by atoms with Crippen molar-refractivity contribution in [2.45, 2.75) is 39.7 Å². The molecule has 160 valence electrons. The predicted molar refractivity (Wildman–Crippen MR) is 123 cm³/mol. The second-order valence-corrected chi connectivity index (χ2v) is 8.19. The van der Waals surface area contributed by atoms with E-state index in [1.54, 1.807) is 49.9 Å². The van der Waals surface area contributed by atoms with Crippen LogP contribution >= 0.6 is 12.2 Å². The van der Waals surface area contributed by atoms with E-state index >= 15 is 0 Å². The molecule has 1 fully saturated rings. The Morgan fingerprint density at radius 2 is 1.90 bits per heavy atom. The summed E-state index contributed by atoms with van der Waals surface area (Å²) >= 11 is 5.61. The summed E-state index contributed by atoms with van der Waals surface area (Å²) in [5, 5.41) is 2.85. The number of rotatable bonds is 5. The molecule has 1 saturated heterocycles. The van der Waals surface area contributed by atoms with Crippen molar-refractivity contribution < 1.29 is 14.0 Å². The normalized spacial score (nSPS) is 15.2. The van der Waals surface area contributed by atoms with Crippen molar-refractivity contribution in [2.24, 2.45) is 0 Å². The minimum Gasteiger partial charge on any atom is -0.352 e. The predicted octanol–water partition coefficient (Wildman–Crippen LogP) is 4.74. The fourth-order valence-corrected chi connectivity index (χ4v) is 4.04. The molecule has 0 atom stereocenters. The number of thiocarbonyl (C=S) groups is 1. The van der Waals surface area contributed by atoms with E-state index in [1.165, 1.54) is 17.0 Å². The van der Waals surface area contributed by atoms with Crippen molar-refractivity contribution in [3.63, 3.8) is 0 Å². The molecular weight excluding hydrogens is 415 g/mol. The van der Waals surface area contributed by atoms with Crippen LogP contribution in [0.4, 0.5) is 21.5 Å². The Bertz CT molecular complexity index is 1120. The van der Waals surface area contributed by atoms with E-state index in [2.05, 4.69) is 10.2 Å². The lowest BCUT2D eigenvalue weighted by molar-refractivity contribution is -0.120. The largest absolute Gasteiger partial charge is 0.352 e. The van der Waals surface area contributed by atoms with Gasteiger partial charge in [0.1, 0.15) is 11.4 Å². The van der Waals surface area contributed by atoms with Gasteiger partial charge in [0.05, 0.1) is 12.1 Å². The summed E-state index contributed by atoms with van der Waals surface area (Å²) in [6.07, 6.45) is 0.746. The highest BCUT2D eigenvalue weighted by Gasteiger charge is 2.50. The lowest BCUT2D eigenvalue weighted by Crippen LogP contribution is -2.44. The van der Waals surface area contributed by atoms with Crippen LogP contribution in [0.3, 0.4) is 0 Å². The summed E-state index contributed by atoms with van der Waals surface area (Å²) < 4.78 is 14.8. The number of anilines is 2. The van der Waals surface area contributed by atoms with Gasteiger partial charge in [-0.2, -0.15) is 0 Å². The Labute approximate surface area is 186 Å². The van der Waals surface area contributed by atoms with Gasteiger partial charge in [0.2, 0.25) is 0 Å². The molecule has 0 aliphatic carbocycles. The van der Waals surface area contributed by atoms with Crippen LogP contribution in [0.5, 0.6) is 0 Å². The molecule has 8 heteroatoms. The summed E-state index contributed by atoms with van der Waals surface area (Å²) in [5.41, 5.74) is 1.02. The summed E-state index contributed by atoms with van der Waals surface area (Å²) in [5.74, 6) is -1.44. The fraction of sp³-hybridized carbons (Fsp3) is 0.304. The average molecular weight is 439 g/mol. The molecule has 1 aliphatic rings. The Morgan fingerprint density at radius 3 is 2.48 bits per heavy atom. The first kappa shape index (κ1) is 22.4. The second-order valence-electron chi connectivity index (χ2n) is 7.82. The zero-order chi connectivity index (χ0) is 22.9. The highest BCUT2D eigenvalue weighted by atomic mass is 32.1. The number of benzene rings is 2. The average Bonchev–Trinajstić information content (AvgIpc) is 2.90. The van der Waals surface area contributed by atoms with Crippen LogP contribution in [0.25, 0.3) is 4.85 Å². The molecule has 6 nitrogen and oxygen atoms in total. The fourth-order valence-electron chi connectivity index (χ4n) is 3.52. The molecule has 31 heavy (non-hydrogen) atoms. The smallest absolute Gasteiger partial charge is 0.259 e. The maximum Gasteiger partial charge on any atom is 0.259 e. The van der Waals surface area contributed by atoms with E-state index in [4.69, 9.17) is 18.8 Å². The van der Waals surface area contributed by atoms with Crippen LogP contribution in [0.15, 0.2) is 36.4 Å². The standard InChI is InChI=1S/C23H23FN4O2S/c1-6-11-26-20(29)17-9-7-16(13-18(17)24)28-22(31)27(21(30)23(28,3)4)15-8-10-19(25-5)14(2)12-15/h7-10,12-13H,6,11H2,1-4H3,(H,26,29). The Morgan fingerprint density at radius 1 is 1.23 bits per heavy atom. The first-order chi connectivity index (χ1) is 14.6. The van der Waals surface area contributed by atoms with Gasteiger partial charge in [-0.05, 0) is 75.3 Å². The monoisotopic (exact) mass is 438 g/mol. The van der Waals surface area contributed by atoms with Gasteiger partial charge in [0, 0.05) is 17.9 Å². The topological polar surface area (TPSA) is 57.0 Å². The summed E-state index contributed by atoms with van der Waals surface area (Å²) in [4.78, 5) is 31.8. The third kappa shape index (κ3) is 3.89. The van der Waals surface area contributed by atoms with E-state index in [0.29, 0.717) is 23.6 Å². The quantitative estimate of drug-likeness (QED) is 0.541. The number of aryl methyl sites for hydroxylation is 1. The molecule has 2 aromatic rings. The number of amides is 2. The van der Waals surface area contributed by atoms with Gasteiger partial charge in [0.15, 0.2) is 10.8 Å². The van der Waals surface area contributed by atoms with Crippen molar-refractivity contribution in [3.05, 3.63) is 64.8 Å². The molecule has 2 aromatic carbocycles. The van der Waals surface area contributed by atoms with Crippen molar-refractivity contribution in [2.75, 3.05) is 16.3 Å². The number of halogens is 1. The zero-order valence-electron chi connectivity index (χ0n) is 17.8. The first-order valence-electron chi connectivity index (χ1n) is 9.88. The van der Waals surface area contributed by atoms with Gasteiger partial charge in [-0.1, -0.05) is 13.0 Å². The summed E-state index contributed by atoms with van der Waals surface area (Å²) in [7, 11) is 0. The third-order valence-corrected chi connectivity index (χ3v) is 5.58. The van der Waals surface area contributed by atoms with E-state index in [0.717, 1.165) is 12.0 Å². The number of hydrogen-bond acceptors (Lipinski definition) is 3. The zero-order valence-corrected chi connectivity index (χ0v) is 18.6. The molecule has 1 heterocycles. The number of hydrogen-bond donors (Lipinski definition) is 1. The van der Waals surface area contributed by atoms with Gasteiger partial charge < -0.3 is 10.2 Å². The van der Waals surface area contributed by atoms with Crippen LogP contribution in [-0.2, 0) is 4.79 Å². The second kappa shape index (κ2) is 8.44. The molecule has 1 aliphatic heterocycles. The van der Waals surface area contributed by atoms with Gasteiger partial charge in [-0.3, -0.25) is 14.5 Å². The summed E-state index contributed by atoms with van der Waals surface area (Å²) in [6, 6.07) is 9.26. The summed E-state index contributed by atoms with van der Waals surface area (Å²) in [6.45, 7) is 14.8.